The third-order valence-corrected chi connectivity index (χ3v) is 7.64. The lowest BCUT2D eigenvalue weighted by Crippen LogP contribution is -2.60. The van der Waals surface area contributed by atoms with E-state index in [-0.39, 0.29) is 12.0 Å². The number of fused-ring (bicyclic) bond motifs is 1. The topological polar surface area (TPSA) is 245 Å². The van der Waals surface area contributed by atoms with Gasteiger partial charge in [0.05, 0.1) is 31.2 Å². The average molecular weight is 538 g/mol. The summed E-state index contributed by atoms with van der Waals surface area (Å²) in [5.41, 5.74) is -0.0426. The van der Waals surface area contributed by atoms with Gasteiger partial charge in [0, 0.05) is 11.8 Å². The fraction of sp³-hybridized carbons (Fsp3) is 0.864. The number of hydrogen-bond acceptors (Lipinski definition) is 15. The first-order valence-corrected chi connectivity index (χ1v) is 12.0. The van der Waals surface area contributed by atoms with Gasteiger partial charge >= 0.3 is 5.97 Å². The molecule has 15 atom stereocenters. The molecule has 0 amide bonds. The Labute approximate surface area is 211 Å². The van der Waals surface area contributed by atoms with E-state index in [1.54, 1.807) is 6.92 Å². The summed E-state index contributed by atoms with van der Waals surface area (Å²) in [6, 6.07) is 0. The van der Waals surface area contributed by atoms with E-state index in [0.717, 1.165) is 6.26 Å². The number of carbonyl (C=O) groups excluding carboxylic acids is 1. The zero-order valence-electron chi connectivity index (χ0n) is 19.8. The van der Waals surface area contributed by atoms with Crippen molar-refractivity contribution in [2.75, 3.05) is 13.2 Å². The van der Waals surface area contributed by atoms with Gasteiger partial charge in [-0.25, -0.2) is 4.79 Å². The van der Waals surface area contributed by atoms with Crippen LogP contribution in [0.15, 0.2) is 11.8 Å². The Morgan fingerprint density at radius 3 is 1.95 bits per heavy atom. The predicted octanol–water partition coefficient (Wildman–Crippen LogP) is -4.98. The molecule has 15 heteroatoms. The molecule has 1 aliphatic carbocycles. The highest BCUT2D eigenvalue weighted by Gasteiger charge is 2.54. The predicted molar refractivity (Wildman–Crippen MR) is 114 cm³/mol. The molecule has 15 unspecified atom stereocenters. The standard InChI is InChI=1S/C22H34O15/c1-6-9(25)2-7-8(19(32)36-21-17(30)15(28)13(26)10(3-23)34-21)5-33-20(12(6)7)37-22-18(31)16(29)14(27)11(4-24)35-22/h5-7,9-18,20-31H,2-4H2,1H3. The molecule has 2 saturated heterocycles. The molecule has 0 aromatic carbocycles. The van der Waals surface area contributed by atoms with E-state index in [0.29, 0.717) is 0 Å². The van der Waals surface area contributed by atoms with Crippen molar-refractivity contribution >= 4 is 5.97 Å². The van der Waals surface area contributed by atoms with Crippen LogP contribution in [0.5, 0.6) is 0 Å². The Morgan fingerprint density at radius 2 is 1.38 bits per heavy atom. The van der Waals surface area contributed by atoms with Crippen LogP contribution in [0.2, 0.25) is 0 Å². The van der Waals surface area contributed by atoms with Gasteiger partial charge in [-0.15, -0.1) is 0 Å². The Kier molecular flexibility index (Phi) is 8.74. The van der Waals surface area contributed by atoms with Crippen LogP contribution in [-0.4, -0.2) is 139 Å². The van der Waals surface area contributed by atoms with Crippen molar-refractivity contribution in [1.29, 1.82) is 0 Å². The summed E-state index contributed by atoms with van der Waals surface area (Å²) in [7, 11) is 0. The molecule has 15 nitrogen and oxygen atoms in total. The maximum Gasteiger partial charge on any atom is 0.339 e. The van der Waals surface area contributed by atoms with Crippen LogP contribution in [0.4, 0.5) is 0 Å². The quantitative estimate of drug-likeness (QED) is 0.144. The molecule has 3 aliphatic heterocycles. The molecule has 3 heterocycles. The van der Waals surface area contributed by atoms with Gasteiger partial charge in [-0.3, -0.25) is 0 Å². The molecule has 0 aromatic heterocycles. The molecule has 0 aromatic rings. The number of aliphatic hydroxyl groups excluding tert-OH is 9. The van der Waals surface area contributed by atoms with E-state index in [1.807, 2.05) is 0 Å². The molecule has 37 heavy (non-hydrogen) atoms. The van der Waals surface area contributed by atoms with E-state index < -0.39 is 111 Å². The van der Waals surface area contributed by atoms with Crippen LogP contribution >= 0.6 is 0 Å². The Bertz CT molecular complexity index is 835. The third kappa shape index (κ3) is 5.24. The molecule has 212 valence electrons. The zero-order valence-corrected chi connectivity index (χ0v) is 19.8. The first-order chi connectivity index (χ1) is 17.5. The van der Waals surface area contributed by atoms with Crippen molar-refractivity contribution < 1.29 is 74.4 Å². The van der Waals surface area contributed by atoms with Gasteiger partial charge in [-0.05, 0) is 12.3 Å². The molecule has 9 N–H and O–H groups in total. The second-order valence-electron chi connectivity index (χ2n) is 9.86. The number of ether oxygens (including phenoxy) is 5. The van der Waals surface area contributed by atoms with E-state index >= 15 is 0 Å². The van der Waals surface area contributed by atoms with Crippen LogP contribution in [0, 0.1) is 17.8 Å². The number of carbonyl (C=O) groups is 1. The van der Waals surface area contributed by atoms with Crippen molar-refractivity contribution in [1.82, 2.24) is 0 Å². The fourth-order valence-electron chi connectivity index (χ4n) is 5.32. The van der Waals surface area contributed by atoms with E-state index in [9.17, 15) is 50.8 Å². The highest BCUT2D eigenvalue weighted by Crippen LogP contribution is 2.48. The van der Waals surface area contributed by atoms with Crippen molar-refractivity contribution in [3.8, 4) is 0 Å². The second kappa shape index (κ2) is 11.3. The molecule has 1 saturated carbocycles. The van der Waals surface area contributed by atoms with Gasteiger partial charge < -0.3 is 69.6 Å². The maximum absolute atomic E-state index is 13.0. The smallest absolute Gasteiger partial charge is 0.339 e. The first-order valence-electron chi connectivity index (χ1n) is 12.0. The summed E-state index contributed by atoms with van der Waals surface area (Å²) in [6.45, 7) is 0.315. The van der Waals surface area contributed by atoms with Crippen LogP contribution in [0.1, 0.15) is 13.3 Å². The minimum atomic E-state index is -1.81. The third-order valence-electron chi connectivity index (χ3n) is 7.64. The zero-order chi connectivity index (χ0) is 27.2. The summed E-state index contributed by atoms with van der Waals surface area (Å²) < 4.78 is 27.1. The monoisotopic (exact) mass is 538 g/mol. The summed E-state index contributed by atoms with van der Waals surface area (Å²) >= 11 is 0. The minimum absolute atomic E-state index is 0.0426. The number of esters is 1. The molecular formula is C22H34O15. The van der Waals surface area contributed by atoms with Gasteiger partial charge in [0.1, 0.15) is 48.8 Å². The Hall–Kier alpha value is -1.47. The normalized spacial score (nSPS) is 50.1. The van der Waals surface area contributed by atoms with E-state index in [4.69, 9.17) is 23.7 Å². The highest BCUT2D eigenvalue weighted by molar-refractivity contribution is 5.89. The SMILES string of the molecule is CC1C(O)CC2C(C(=O)OC3OC(CO)C(O)C(O)C3O)=COC(OC3OC(CO)C(O)C(O)C3O)C21. The summed E-state index contributed by atoms with van der Waals surface area (Å²) in [6.07, 6.45) is -16.8. The van der Waals surface area contributed by atoms with E-state index in [1.165, 1.54) is 0 Å². The van der Waals surface area contributed by atoms with Crippen molar-refractivity contribution in [3.63, 3.8) is 0 Å². The molecule has 4 aliphatic rings. The van der Waals surface area contributed by atoms with Gasteiger partial charge in [0.2, 0.25) is 12.6 Å². The molecule has 4 rings (SSSR count). The van der Waals surface area contributed by atoms with Gasteiger partial charge in [-0.1, -0.05) is 6.92 Å². The number of aliphatic hydroxyl groups is 9. The Balaban J connectivity index is 1.50. The highest BCUT2D eigenvalue weighted by atomic mass is 16.8. The molecule has 0 bridgehead atoms. The van der Waals surface area contributed by atoms with Crippen LogP contribution < -0.4 is 0 Å². The largest absolute Gasteiger partial charge is 0.472 e. The van der Waals surface area contributed by atoms with Crippen LogP contribution in [0.3, 0.4) is 0 Å². The summed E-state index contributed by atoms with van der Waals surface area (Å²) in [5.74, 6) is -2.86. The van der Waals surface area contributed by atoms with E-state index in [2.05, 4.69) is 0 Å². The van der Waals surface area contributed by atoms with Crippen molar-refractivity contribution in [3.05, 3.63) is 11.8 Å². The molecular weight excluding hydrogens is 504 g/mol. The van der Waals surface area contributed by atoms with Crippen molar-refractivity contribution in [2.45, 2.75) is 87.2 Å². The van der Waals surface area contributed by atoms with Crippen molar-refractivity contribution in [2.24, 2.45) is 17.8 Å². The number of hydrogen-bond donors (Lipinski definition) is 9. The molecule has 0 spiro atoms. The second-order valence-corrected chi connectivity index (χ2v) is 9.86. The number of rotatable bonds is 6. The maximum atomic E-state index is 13.0. The van der Waals surface area contributed by atoms with Gasteiger partial charge in [0.15, 0.2) is 6.29 Å². The lowest BCUT2D eigenvalue weighted by Gasteiger charge is -2.43. The van der Waals surface area contributed by atoms with Gasteiger partial charge in [0.25, 0.3) is 0 Å². The average Bonchev–Trinajstić information content (AvgIpc) is 3.18. The molecule has 0 radical (unpaired) electrons. The Morgan fingerprint density at radius 1 is 0.838 bits per heavy atom. The lowest BCUT2D eigenvalue weighted by molar-refractivity contribution is -0.342. The fourth-order valence-corrected chi connectivity index (χ4v) is 5.32. The summed E-state index contributed by atoms with van der Waals surface area (Å²) in [5, 5.41) is 89.6. The van der Waals surface area contributed by atoms with Crippen LogP contribution in [-0.2, 0) is 28.5 Å². The van der Waals surface area contributed by atoms with Crippen LogP contribution in [0.25, 0.3) is 0 Å². The first kappa shape index (κ1) is 28.5. The summed E-state index contributed by atoms with van der Waals surface area (Å²) in [4.78, 5) is 13.0. The minimum Gasteiger partial charge on any atom is -0.472 e. The lowest BCUT2D eigenvalue weighted by atomic mass is 9.83. The van der Waals surface area contributed by atoms with Gasteiger partial charge in [-0.2, -0.15) is 0 Å². The molecule has 3 fully saturated rings.